The summed E-state index contributed by atoms with van der Waals surface area (Å²) in [5, 5.41) is 3.20. The summed E-state index contributed by atoms with van der Waals surface area (Å²) < 4.78 is 0. The van der Waals surface area contributed by atoms with Crippen molar-refractivity contribution in [1.29, 1.82) is 0 Å². The molecule has 0 aromatic carbocycles. The second-order valence-corrected chi connectivity index (χ2v) is 4.11. The molecule has 0 spiro atoms. The molecular weight excluding hydrogens is 202 g/mol. The van der Waals surface area contributed by atoms with Crippen LogP contribution >= 0.6 is 0 Å². The van der Waals surface area contributed by atoms with E-state index in [1.807, 2.05) is 30.1 Å². The molecule has 86 valence electrons. The first-order valence-corrected chi connectivity index (χ1v) is 5.64. The Balaban J connectivity index is 1.90. The van der Waals surface area contributed by atoms with Crippen LogP contribution in [0.15, 0.2) is 24.4 Å². The van der Waals surface area contributed by atoms with E-state index in [9.17, 15) is 4.79 Å². The Morgan fingerprint density at radius 2 is 2.50 bits per heavy atom. The van der Waals surface area contributed by atoms with E-state index in [1.165, 1.54) is 0 Å². The van der Waals surface area contributed by atoms with Gasteiger partial charge in [-0.25, -0.2) is 0 Å². The zero-order valence-electron chi connectivity index (χ0n) is 9.52. The lowest BCUT2D eigenvalue weighted by atomic mass is 10.2. The lowest BCUT2D eigenvalue weighted by molar-refractivity contribution is -0.129. The van der Waals surface area contributed by atoms with Gasteiger partial charge in [0.1, 0.15) is 0 Å². The van der Waals surface area contributed by atoms with E-state index in [0.29, 0.717) is 12.5 Å². The fourth-order valence-electron chi connectivity index (χ4n) is 1.99. The van der Waals surface area contributed by atoms with Crippen LogP contribution in [0.4, 0.5) is 0 Å². The average Bonchev–Trinajstić information content (AvgIpc) is 2.79. The van der Waals surface area contributed by atoms with Crippen molar-refractivity contribution >= 4 is 5.91 Å². The summed E-state index contributed by atoms with van der Waals surface area (Å²) in [4.78, 5) is 18.0. The molecule has 1 aliphatic heterocycles. The highest BCUT2D eigenvalue weighted by Crippen LogP contribution is 2.10. The molecule has 1 fully saturated rings. The Labute approximate surface area is 95.7 Å². The highest BCUT2D eigenvalue weighted by molar-refractivity contribution is 5.78. The molecule has 1 saturated heterocycles. The maximum atomic E-state index is 11.9. The summed E-state index contributed by atoms with van der Waals surface area (Å²) in [5.74, 6) is 0.177. The van der Waals surface area contributed by atoms with E-state index in [4.69, 9.17) is 0 Å². The van der Waals surface area contributed by atoms with E-state index in [-0.39, 0.29) is 5.91 Å². The van der Waals surface area contributed by atoms with Gasteiger partial charge in [0.15, 0.2) is 0 Å². The predicted molar refractivity (Wildman–Crippen MR) is 62.0 cm³/mol. The van der Waals surface area contributed by atoms with Crippen molar-refractivity contribution in [3.63, 3.8) is 0 Å². The van der Waals surface area contributed by atoms with Gasteiger partial charge < -0.3 is 10.2 Å². The second-order valence-electron chi connectivity index (χ2n) is 4.11. The molecule has 1 atom stereocenters. The third kappa shape index (κ3) is 2.58. The molecule has 1 amide bonds. The highest BCUT2D eigenvalue weighted by atomic mass is 16.2. The van der Waals surface area contributed by atoms with E-state index in [2.05, 4.69) is 10.3 Å². The van der Waals surface area contributed by atoms with Gasteiger partial charge in [-0.05, 0) is 25.6 Å². The smallest absolute Gasteiger partial charge is 0.228 e. The number of amides is 1. The molecule has 1 N–H and O–H groups in total. The van der Waals surface area contributed by atoms with Crippen LogP contribution < -0.4 is 5.32 Å². The lowest BCUT2D eigenvalue weighted by Crippen LogP contribution is -2.34. The molecule has 0 radical (unpaired) electrons. The number of nitrogens with one attached hydrogen (secondary N) is 1. The lowest BCUT2D eigenvalue weighted by Gasteiger charge is -2.16. The van der Waals surface area contributed by atoms with Gasteiger partial charge in [-0.3, -0.25) is 9.78 Å². The monoisotopic (exact) mass is 219 g/mol. The zero-order chi connectivity index (χ0) is 11.4. The van der Waals surface area contributed by atoms with Crippen LogP contribution in [-0.4, -0.2) is 42.0 Å². The SMILES string of the molecule is CNC1CCN(C(=O)Cc2ccccn2)C1. The van der Waals surface area contributed by atoms with Crippen LogP contribution in [-0.2, 0) is 11.2 Å². The first-order valence-electron chi connectivity index (χ1n) is 5.64. The molecule has 0 saturated carbocycles. The maximum absolute atomic E-state index is 11.9. The third-order valence-corrected chi connectivity index (χ3v) is 3.01. The molecule has 4 nitrogen and oxygen atoms in total. The van der Waals surface area contributed by atoms with E-state index in [0.717, 1.165) is 25.2 Å². The Morgan fingerprint density at radius 1 is 1.62 bits per heavy atom. The Kier molecular flexibility index (Phi) is 3.51. The summed E-state index contributed by atoms with van der Waals surface area (Å²) in [6.45, 7) is 1.68. The number of pyridine rings is 1. The summed E-state index contributed by atoms with van der Waals surface area (Å²) in [7, 11) is 1.94. The maximum Gasteiger partial charge on any atom is 0.228 e. The molecular formula is C12H17N3O. The molecule has 0 aliphatic carbocycles. The van der Waals surface area contributed by atoms with Gasteiger partial charge in [-0.2, -0.15) is 0 Å². The van der Waals surface area contributed by atoms with Gasteiger partial charge in [-0.1, -0.05) is 6.07 Å². The normalized spacial score (nSPS) is 20.1. The first kappa shape index (κ1) is 11.1. The average molecular weight is 219 g/mol. The van der Waals surface area contributed by atoms with Crippen molar-refractivity contribution in [2.45, 2.75) is 18.9 Å². The molecule has 1 unspecified atom stereocenters. The van der Waals surface area contributed by atoms with Crippen LogP contribution in [0.5, 0.6) is 0 Å². The van der Waals surface area contributed by atoms with Crippen LogP contribution in [0.25, 0.3) is 0 Å². The van der Waals surface area contributed by atoms with Crippen LogP contribution in [0.1, 0.15) is 12.1 Å². The van der Waals surface area contributed by atoms with Crippen molar-refractivity contribution < 1.29 is 4.79 Å². The Hall–Kier alpha value is -1.42. The molecule has 1 aromatic rings. The van der Waals surface area contributed by atoms with E-state index < -0.39 is 0 Å². The molecule has 4 heteroatoms. The van der Waals surface area contributed by atoms with Crippen molar-refractivity contribution in [2.24, 2.45) is 0 Å². The summed E-state index contributed by atoms with van der Waals surface area (Å²) in [6, 6.07) is 6.12. The summed E-state index contributed by atoms with van der Waals surface area (Å²) in [5.41, 5.74) is 0.848. The third-order valence-electron chi connectivity index (χ3n) is 3.01. The Morgan fingerprint density at radius 3 is 3.12 bits per heavy atom. The standard InChI is InChI=1S/C12H17N3O/c1-13-11-5-7-15(9-11)12(16)8-10-4-2-3-6-14-10/h2-4,6,11,13H,5,7-9H2,1H3. The topological polar surface area (TPSA) is 45.2 Å². The van der Waals surface area contributed by atoms with Crippen LogP contribution in [0, 0.1) is 0 Å². The number of likely N-dealkylation sites (N-methyl/N-ethyl adjacent to an activating group) is 1. The number of nitrogens with zero attached hydrogens (tertiary/aromatic N) is 2. The number of hydrogen-bond donors (Lipinski definition) is 1. The molecule has 2 heterocycles. The van der Waals surface area contributed by atoms with E-state index in [1.54, 1.807) is 6.20 Å². The van der Waals surface area contributed by atoms with Crippen molar-refractivity contribution in [3.05, 3.63) is 30.1 Å². The van der Waals surface area contributed by atoms with Gasteiger partial charge in [-0.15, -0.1) is 0 Å². The molecule has 1 aliphatic rings. The number of aromatic nitrogens is 1. The fraction of sp³-hybridized carbons (Fsp3) is 0.500. The number of hydrogen-bond acceptors (Lipinski definition) is 3. The number of likely N-dealkylation sites (tertiary alicyclic amines) is 1. The minimum Gasteiger partial charge on any atom is -0.341 e. The molecule has 16 heavy (non-hydrogen) atoms. The second kappa shape index (κ2) is 5.07. The van der Waals surface area contributed by atoms with Crippen molar-refractivity contribution in [1.82, 2.24) is 15.2 Å². The first-order chi connectivity index (χ1) is 7.79. The van der Waals surface area contributed by atoms with Crippen LogP contribution in [0.3, 0.4) is 0 Å². The van der Waals surface area contributed by atoms with Gasteiger partial charge in [0, 0.05) is 31.0 Å². The van der Waals surface area contributed by atoms with Gasteiger partial charge in [0.2, 0.25) is 5.91 Å². The highest BCUT2D eigenvalue weighted by Gasteiger charge is 2.24. The minimum absolute atomic E-state index is 0.177. The predicted octanol–water partition coefficient (Wildman–Crippen LogP) is 0.444. The number of rotatable bonds is 3. The number of carbonyl (C=O) groups is 1. The Bertz CT molecular complexity index is 353. The van der Waals surface area contributed by atoms with Gasteiger partial charge in [0.05, 0.1) is 6.42 Å². The van der Waals surface area contributed by atoms with Gasteiger partial charge in [0.25, 0.3) is 0 Å². The van der Waals surface area contributed by atoms with Crippen molar-refractivity contribution in [3.8, 4) is 0 Å². The molecule has 0 bridgehead atoms. The molecule has 2 rings (SSSR count). The van der Waals surface area contributed by atoms with Crippen LogP contribution in [0.2, 0.25) is 0 Å². The zero-order valence-corrected chi connectivity index (χ0v) is 9.52. The fourth-order valence-corrected chi connectivity index (χ4v) is 1.99. The summed E-state index contributed by atoms with van der Waals surface area (Å²) in [6.07, 6.45) is 3.19. The van der Waals surface area contributed by atoms with Crippen molar-refractivity contribution in [2.75, 3.05) is 20.1 Å². The summed E-state index contributed by atoms with van der Waals surface area (Å²) >= 11 is 0. The largest absolute Gasteiger partial charge is 0.341 e. The quantitative estimate of drug-likeness (QED) is 0.802. The van der Waals surface area contributed by atoms with E-state index >= 15 is 0 Å². The number of carbonyl (C=O) groups excluding carboxylic acids is 1. The van der Waals surface area contributed by atoms with Gasteiger partial charge >= 0.3 is 0 Å². The minimum atomic E-state index is 0.177. The molecule has 1 aromatic heterocycles.